The first-order valence-corrected chi connectivity index (χ1v) is 5.95. The Bertz CT molecular complexity index is 533. The summed E-state index contributed by atoms with van der Waals surface area (Å²) in [5, 5.41) is 4.60. The maximum Gasteiger partial charge on any atom is 0.0659 e. The second kappa shape index (κ2) is 4.17. The zero-order valence-corrected chi connectivity index (χ0v) is 9.87. The summed E-state index contributed by atoms with van der Waals surface area (Å²) in [6, 6.07) is 10.4. The number of rotatable bonds is 3. The number of hydrogen-bond donors (Lipinski definition) is 0. The Kier molecular flexibility index (Phi) is 2.52. The molecule has 0 bridgehead atoms. The molecule has 0 unspecified atom stereocenters. The van der Waals surface area contributed by atoms with Gasteiger partial charge in [-0.05, 0) is 36.6 Å². The van der Waals surface area contributed by atoms with Crippen LogP contribution >= 0.6 is 0 Å². The first-order chi connectivity index (χ1) is 8.36. The molecule has 0 aliphatic heterocycles. The van der Waals surface area contributed by atoms with Gasteiger partial charge >= 0.3 is 0 Å². The average Bonchev–Trinajstić information content (AvgIpc) is 3.09. The molecule has 0 spiro atoms. The number of aromatic nitrogens is 2. The van der Waals surface area contributed by atoms with E-state index in [9.17, 15) is 0 Å². The lowest BCUT2D eigenvalue weighted by atomic mass is 10.2. The highest BCUT2D eigenvalue weighted by Crippen LogP contribution is 2.38. The molecule has 3 heteroatoms. The first-order valence-electron chi connectivity index (χ1n) is 5.95. The minimum absolute atomic E-state index is 0.711. The van der Waals surface area contributed by atoms with Gasteiger partial charge in [0.1, 0.15) is 0 Å². The number of hydrogen-bond acceptors (Lipinski definition) is 2. The fourth-order valence-electron chi connectivity index (χ4n) is 1.94. The Hall–Kier alpha value is -1.90. The lowest BCUT2D eigenvalue weighted by Crippen LogP contribution is -1.96. The number of benzene rings is 1. The standard InChI is InChI=1S/C14H15N3/c1-15-10-11-2-6-13(7-3-11)17-9-8-14(16-17)12-4-5-12/h2-3,6-10,12H,4-5H2,1H3. The predicted octanol–water partition coefficient (Wildman–Crippen LogP) is 2.80. The van der Waals surface area contributed by atoms with Gasteiger partial charge in [0.05, 0.1) is 11.4 Å². The van der Waals surface area contributed by atoms with E-state index in [4.69, 9.17) is 0 Å². The van der Waals surface area contributed by atoms with Crippen LogP contribution in [0.15, 0.2) is 41.5 Å². The van der Waals surface area contributed by atoms with Crippen molar-refractivity contribution in [3.63, 3.8) is 0 Å². The normalized spacial score (nSPS) is 15.6. The van der Waals surface area contributed by atoms with E-state index in [0.29, 0.717) is 5.92 Å². The Balaban J connectivity index is 1.86. The highest BCUT2D eigenvalue weighted by Gasteiger charge is 2.25. The van der Waals surface area contributed by atoms with Crippen molar-refractivity contribution in [2.45, 2.75) is 18.8 Å². The Morgan fingerprint density at radius 1 is 1.24 bits per heavy atom. The van der Waals surface area contributed by atoms with Crippen LogP contribution in [0.1, 0.15) is 30.0 Å². The molecule has 1 aromatic heterocycles. The van der Waals surface area contributed by atoms with Crippen molar-refractivity contribution in [3.8, 4) is 5.69 Å². The van der Waals surface area contributed by atoms with Crippen molar-refractivity contribution in [2.24, 2.45) is 4.99 Å². The molecule has 1 fully saturated rings. The molecule has 0 radical (unpaired) electrons. The lowest BCUT2D eigenvalue weighted by molar-refractivity contribution is 0.837. The molecule has 0 amide bonds. The Morgan fingerprint density at radius 2 is 2.00 bits per heavy atom. The summed E-state index contributed by atoms with van der Waals surface area (Å²) in [5.74, 6) is 0.711. The molecule has 3 rings (SSSR count). The largest absolute Gasteiger partial charge is 0.296 e. The SMILES string of the molecule is CN=Cc1ccc(-n2ccc(C3CC3)n2)cc1. The van der Waals surface area contributed by atoms with E-state index in [1.54, 1.807) is 7.05 Å². The van der Waals surface area contributed by atoms with Crippen LogP contribution in [0.2, 0.25) is 0 Å². The molecule has 2 aromatic rings. The van der Waals surface area contributed by atoms with Crippen LogP contribution in [-0.4, -0.2) is 23.0 Å². The fraction of sp³-hybridized carbons (Fsp3) is 0.286. The molecule has 1 aliphatic carbocycles. The van der Waals surface area contributed by atoms with E-state index in [1.807, 2.05) is 17.1 Å². The van der Waals surface area contributed by atoms with E-state index < -0.39 is 0 Å². The van der Waals surface area contributed by atoms with E-state index in [0.717, 1.165) is 11.3 Å². The van der Waals surface area contributed by atoms with Crippen molar-refractivity contribution in [3.05, 3.63) is 47.8 Å². The molecular formula is C14H15N3. The molecule has 86 valence electrons. The third-order valence-corrected chi connectivity index (χ3v) is 3.04. The number of aliphatic imine (C=N–C) groups is 1. The van der Waals surface area contributed by atoms with Gasteiger partial charge in [-0.2, -0.15) is 5.10 Å². The molecule has 0 N–H and O–H groups in total. The van der Waals surface area contributed by atoms with E-state index in [-0.39, 0.29) is 0 Å². The van der Waals surface area contributed by atoms with E-state index in [1.165, 1.54) is 18.5 Å². The molecule has 0 atom stereocenters. The number of nitrogens with zero attached hydrogens (tertiary/aromatic N) is 3. The third-order valence-electron chi connectivity index (χ3n) is 3.04. The van der Waals surface area contributed by atoms with Crippen molar-refractivity contribution in [1.29, 1.82) is 0 Å². The predicted molar refractivity (Wildman–Crippen MR) is 69.1 cm³/mol. The van der Waals surface area contributed by atoms with E-state index in [2.05, 4.69) is 40.4 Å². The van der Waals surface area contributed by atoms with Crippen LogP contribution in [0.5, 0.6) is 0 Å². The maximum atomic E-state index is 4.60. The van der Waals surface area contributed by atoms with Crippen molar-refractivity contribution < 1.29 is 0 Å². The molecule has 0 saturated heterocycles. The van der Waals surface area contributed by atoms with Gasteiger partial charge in [-0.3, -0.25) is 4.99 Å². The van der Waals surface area contributed by atoms with Crippen LogP contribution in [-0.2, 0) is 0 Å². The molecule has 3 nitrogen and oxygen atoms in total. The second-order valence-corrected chi connectivity index (χ2v) is 4.44. The zero-order chi connectivity index (χ0) is 11.7. The summed E-state index contributed by atoms with van der Waals surface area (Å²) in [4.78, 5) is 4.00. The summed E-state index contributed by atoms with van der Waals surface area (Å²) in [6.45, 7) is 0. The summed E-state index contributed by atoms with van der Waals surface area (Å²) in [6.07, 6.45) is 6.48. The van der Waals surface area contributed by atoms with Crippen molar-refractivity contribution in [1.82, 2.24) is 9.78 Å². The second-order valence-electron chi connectivity index (χ2n) is 4.44. The molecule has 1 aliphatic rings. The fourth-order valence-corrected chi connectivity index (χ4v) is 1.94. The van der Waals surface area contributed by atoms with Crippen LogP contribution in [0.3, 0.4) is 0 Å². The quantitative estimate of drug-likeness (QED) is 0.739. The summed E-state index contributed by atoms with van der Waals surface area (Å²) in [5.41, 5.74) is 3.44. The highest BCUT2D eigenvalue weighted by molar-refractivity contribution is 5.79. The molecule has 1 saturated carbocycles. The van der Waals surface area contributed by atoms with Gasteiger partial charge in [0, 0.05) is 25.4 Å². The molecule has 17 heavy (non-hydrogen) atoms. The van der Waals surface area contributed by atoms with Crippen LogP contribution in [0, 0.1) is 0 Å². The van der Waals surface area contributed by atoms with Gasteiger partial charge in [0.2, 0.25) is 0 Å². The Morgan fingerprint density at radius 3 is 2.65 bits per heavy atom. The minimum atomic E-state index is 0.711. The van der Waals surface area contributed by atoms with Gasteiger partial charge in [-0.1, -0.05) is 12.1 Å². The highest BCUT2D eigenvalue weighted by atomic mass is 15.3. The van der Waals surface area contributed by atoms with E-state index >= 15 is 0 Å². The molecule has 1 aromatic carbocycles. The summed E-state index contributed by atoms with van der Waals surface area (Å²) >= 11 is 0. The van der Waals surface area contributed by atoms with Crippen molar-refractivity contribution in [2.75, 3.05) is 7.05 Å². The lowest BCUT2D eigenvalue weighted by Gasteiger charge is -2.01. The van der Waals surface area contributed by atoms with Crippen LogP contribution < -0.4 is 0 Å². The van der Waals surface area contributed by atoms with Crippen LogP contribution in [0.4, 0.5) is 0 Å². The average molecular weight is 225 g/mol. The van der Waals surface area contributed by atoms with Crippen LogP contribution in [0.25, 0.3) is 5.69 Å². The van der Waals surface area contributed by atoms with Gasteiger partial charge in [-0.15, -0.1) is 0 Å². The summed E-state index contributed by atoms with van der Waals surface area (Å²) in [7, 11) is 1.78. The van der Waals surface area contributed by atoms with Gasteiger partial charge in [-0.25, -0.2) is 4.68 Å². The van der Waals surface area contributed by atoms with Gasteiger partial charge < -0.3 is 0 Å². The van der Waals surface area contributed by atoms with Crippen molar-refractivity contribution >= 4 is 6.21 Å². The van der Waals surface area contributed by atoms with Gasteiger partial charge in [0.15, 0.2) is 0 Å². The monoisotopic (exact) mass is 225 g/mol. The minimum Gasteiger partial charge on any atom is -0.296 e. The zero-order valence-electron chi connectivity index (χ0n) is 9.87. The third kappa shape index (κ3) is 2.13. The molecular weight excluding hydrogens is 210 g/mol. The molecule has 1 heterocycles. The first kappa shape index (κ1) is 10.3. The smallest absolute Gasteiger partial charge is 0.0659 e. The Labute approximate surface area is 101 Å². The maximum absolute atomic E-state index is 4.60. The topological polar surface area (TPSA) is 30.2 Å². The summed E-state index contributed by atoms with van der Waals surface area (Å²) < 4.78 is 1.94. The van der Waals surface area contributed by atoms with Gasteiger partial charge in [0.25, 0.3) is 0 Å².